The Bertz CT molecular complexity index is 442. The van der Waals surface area contributed by atoms with Gasteiger partial charge in [-0.1, -0.05) is 13.3 Å². The second-order valence-electron chi connectivity index (χ2n) is 5.25. The van der Waals surface area contributed by atoms with Gasteiger partial charge in [0, 0.05) is 24.5 Å². The maximum Gasteiger partial charge on any atom is 0.238 e. The summed E-state index contributed by atoms with van der Waals surface area (Å²) in [6, 6.07) is 6.19. The predicted octanol–water partition coefficient (Wildman–Crippen LogP) is 3.17. The lowest BCUT2D eigenvalue weighted by molar-refractivity contribution is -0.115. The van der Waals surface area contributed by atoms with E-state index >= 15 is 0 Å². The normalized spacial score (nSPS) is 10.5. The molecule has 4 heteroatoms. The van der Waals surface area contributed by atoms with E-state index in [9.17, 15) is 4.79 Å². The molecule has 2 N–H and O–H groups in total. The van der Waals surface area contributed by atoms with Crippen LogP contribution in [0.1, 0.15) is 39.2 Å². The van der Waals surface area contributed by atoms with Crippen molar-refractivity contribution >= 4 is 17.3 Å². The SMILES string of the molecule is CCCCNCC(=O)Nc1ccc(N(CC)CC)cc1C. The van der Waals surface area contributed by atoms with E-state index in [0.29, 0.717) is 6.54 Å². The zero-order chi connectivity index (χ0) is 15.7. The van der Waals surface area contributed by atoms with Crippen molar-refractivity contribution in [3.63, 3.8) is 0 Å². The first-order valence-electron chi connectivity index (χ1n) is 7.98. The Morgan fingerprint density at radius 1 is 1.19 bits per heavy atom. The lowest BCUT2D eigenvalue weighted by Gasteiger charge is -2.22. The summed E-state index contributed by atoms with van der Waals surface area (Å²) in [6.45, 7) is 11.7. The summed E-state index contributed by atoms with van der Waals surface area (Å²) in [7, 11) is 0. The molecule has 0 heterocycles. The molecule has 1 amide bonds. The summed E-state index contributed by atoms with van der Waals surface area (Å²) in [5.74, 6) is 0.0183. The Labute approximate surface area is 128 Å². The van der Waals surface area contributed by atoms with E-state index in [1.54, 1.807) is 0 Å². The molecule has 0 saturated carbocycles. The van der Waals surface area contributed by atoms with Crippen molar-refractivity contribution in [2.75, 3.05) is 36.4 Å². The summed E-state index contributed by atoms with van der Waals surface area (Å²) in [5.41, 5.74) is 3.20. The molecule has 1 aromatic rings. The number of hydrogen-bond donors (Lipinski definition) is 2. The molecule has 21 heavy (non-hydrogen) atoms. The number of nitrogens with one attached hydrogen (secondary N) is 2. The first-order valence-corrected chi connectivity index (χ1v) is 7.98. The predicted molar refractivity (Wildman–Crippen MR) is 91.1 cm³/mol. The van der Waals surface area contributed by atoms with Gasteiger partial charge in [-0.25, -0.2) is 0 Å². The lowest BCUT2D eigenvalue weighted by Crippen LogP contribution is -2.29. The zero-order valence-electron chi connectivity index (χ0n) is 13.8. The van der Waals surface area contributed by atoms with Crippen LogP contribution in [-0.2, 0) is 4.79 Å². The minimum Gasteiger partial charge on any atom is -0.372 e. The van der Waals surface area contributed by atoms with Crippen LogP contribution < -0.4 is 15.5 Å². The van der Waals surface area contributed by atoms with Gasteiger partial charge in [-0.2, -0.15) is 0 Å². The minimum absolute atomic E-state index is 0.0183. The number of aryl methyl sites for hydroxylation is 1. The number of amides is 1. The molecule has 118 valence electrons. The molecule has 0 atom stereocenters. The van der Waals surface area contributed by atoms with Crippen LogP contribution in [0.25, 0.3) is 0 Å². The number of carbonyl (C=O) groups excluding carboxylic acids is 1. The molecule has 1 aromatic carbocycles. The molecule has 1 rings (SSSR count). The number of nitrogens with zero attached hydrogens (tertiary/aromatic N) is 1. The average molecular weight is 291 g/mol. The van der Waals surface area contributed by atoms with Crippen molar-refractivity contribution in [1.82, 2.24) is 5.32 Å². The largest absolute Gasteiger partial charge is 0.372 e. The number of anilines is 2. The fourth-order valence-electron chi connectivity index (χ4n) is 2.27. The summed E-state index contributed by atoms with van der Waals surface area (Å²) in [6.07, 6.45) is 2.24. The van der Waals surface area contributed by atoms with Gasteiger partial charge >= 0.3 is 0 Å². The van der Waals surface area contributed by atoms with Crippen LogP contribution in [0.15, 0.2) is 18.2 Å². The van der Waals surface area contributed by atoms with Crippen LogP contribution in [0.4, 0.5) is 11.4 Å². The molecule has 0 saturated heterocycles. The van der Waals surface area contributed by atoms with E-state index < -0.39 is 0 Å². The molecule has 0 aromatic heterocycles. The molecule has 0 spiro atoms. The Kier molecular flexibility index (Phi) is 7.83. The molecule has 0 fully saturated rings. The third-order valence-corrected chi connectivity index (χ3v) is 3.61. The molecule has 0 radical (unpaired) electrons. The third kappa shape index (κ3) is 5.76. The molecule has 0 aliphatic carbocycles. The monoisotopic (exact) mass is 291 g/mol. The zero-order valence-corrected chi connectivity index (χ0v) is 13.8. The van der Waals surface area contributed by atoms with Gasteiger partial charge in [0.05, 0.1) is 6.54 Å². The van der Waals surface area contributed by atoms with Gasteiger partial charge in [0.15, 0.2) is 0 Å². The number of benzene rings is 1. The minimum atomic E-state index is 0.0183. The van der Waals surface area contributed by atoms with Gasteiger partial charge in [-0.15, -0.1) is 0 Å². The van der Waals surface area contributed by atoms with Crippen LogP contribution in [0.5, 0.6) is 0 Å². The highest BCUT2D eigenvalue weighted by Gasteiger charge is 2.07. The summed E-state index contributed by atoms with van der Waals surface area (Å²) in [5, 5.41) is 6.12. The maximum atomic E-state index is 11.9. The standard InChI is InChI=1S/C17H29N3O/c1-5-8-11-18-13-17(21)19-16-10-9-15(12-14(16)4)20(6-2)7-3/h9-10,12,18H,5-8,11,13H2,1-4H3,(H,19,21). The first kappa shape index (κ1) is 17.5. The quantitative estimate of drug-likeness (QED) is 0.687. The van der Waals surface area contributed by atoms with Crippen molar-refractivity contribution < 1.29 is 4.79 Å². The van der Waals surface area contributed by atoms with Crippen LogP contribution in [0.3, 0.4) is 0 Å². The summed E-state index contributed by atoms with van der Waals surface area (Å²) < 4.78 is 0. The Morgan fingerprint density at radius 3 is 2.48 bits per heavy atom. The maximum absolute atomic E-state index is 11.9. The van der Waals surface area contributed by atoms with Crippen molar-refractivity contribution in [1.29, 1.82) is 0 Å². The Balaban J connectivity index is 2.58. The average Bonchev–Trinajstić information content (AvgIpc) is 2.47. The highest BCUT2D eigenvalue weighted by molar-refractivity contribution is 5.93. The highest BCUT2D eigenvalue weighted by Crippen LogP contribution is 2.22. The molecule has 4 nitrogen and oxygen atoms in total. The van der Waals surface area contributed by atoms with Crippen molar-refractivity contribution in [3.05, 3.63) is 23.8 Å². The first-order chi connectivity index (χ1) is 10.1. The van der Waals surface area contributed by atoms with E-state index in [1.165, 1.54) is 5.69 Å². The van der Waals surface area contributed by atoms with Crippen LogP contribution >= 0.6 is 0 Å². The molecular formula is C17H29N3O. The van der Waals surface area contributed by atoms with E-state index in [1.807, 2.05) is 13.0 Å². The van der Waals surface area contributed by atoms with E-state index in [4.69, 9.17) is 0 Å². The van der Waals surface area contributed by atoms with Crippen LogP contribution in [0.2, 0.25) is 0 Å². The van der Waals surface area contributed by atoms with E-state index in [-0.39, 0.29) is 5.91 Å². The Hall–Kier alpha value is -1.55. The molecule has 0 bridgehead atoms. The molecule has 0 aliphatic heterocycles. The number of carbonyl (C=O) groups is 1. The van der Waals surface area contributed by atoms with E-state index in [0.717, 1.165) is 43.7 Å². The molecule has 0 unspecified atom stereocenters. The van der Waals surface area contributed by atoms with Gasteiger partial charge in [-0.3, -0.25) is 4.79 Å². The van der Waals surface area contributed by atoms with Gasteiger partial charge < -0.3 is 15.5 Å². The van der Waals surface area contributed by atoms with Gasteiger partial charge in [0.1, 0.15) is 0 Å². The number of hydrogen-bond acceptors (Lipinski definition) is 3. The van der Waals surface area contributed by atoms with Crippen LogP contribution in [-0.4, -0.2) is 32.1 Å². The topological polar surface area (TPSA) is 44.4 Å². The Morgan fingerprint density at radius 2 is 1.90 bits per heavy atom. The van der Waals surface area contributed by atoms with Gasteiger partial charge in [-0.05, 0) is 57.5 Å². The molecular weight excluding hydrogens is 262 g/mol. The lowest BCUT2D eigenvalue weighted by atomic mass is 10.1. The number of unbranched alkanes of at least 4 members (excludes halogenated alkanes) is 1. The van der Waals surface area contributed by atoms with Crippen LogP contribution in [0, 0.1) is 6.92 Å². The van der Waals surface area contributed by atoms with Crippen molar-refractivity contribution in [2.24, 2.45) is 0 Å². The summed E-state index contributed by atoms with van der Waals surface area (Å²) in [4.78, 5) is 14.2. The van der Waals surface area contributed by atoms with Gasteiger partial charge in [0.2, 0.25) is 5.91 Å². The van der Waals surface area contributed by atoms with Crippen molar-refractivity contribution in [2.45, 2.75) is 40.5 Å². The third-order valence-electron chi connectivity index (χ3n) is 3.61. The fraction of sp³-hybridized carbons (Fsp3) is 0.588. The second kappa shape index (κ2) is 9.40. The van der Waals surface area contributed by atoms with Gasteiger partial charge in [0.25, 0.3) is 0 Å². The smallest absolute Gasteiger partial charge is 0.238 e. The van der Waals surface area contributed by atoms with E-state index in [2.05, 4.69) is 48.4 Å². The highest BCUT2D eigenvalue weighted by atomic mass is 16.1. The fourth-order valence-corrected chi connectivity index (χ4v) is 2.27. The molecule has 0 aliphatic rings. The summed E-state index contributed by atoms with van der Waals surface area (Å²) >= 11 is 0. The second-order valence-corrected chi connectivity index (χ2v) is 5.25. The van der Waals surface area contributed by atoms with Crippen molar-refractivity contribution in [3.8, 4) is 0 Å². The number of rotatable bonds is 9.